The van der Waals surface area contributed by atoms with Crippen LogP contribution >= 0.6 is 0 Å². The summed E-state index contributed by atoms with van der Waals surface area (Å²) in [6, 6.07) is 16.8. The summed E-state index contributed by atoms with van der Waals surface area (Å²) in [5.41, 5.74) is -0.299. The molecule has 2 aromatic carbocycles. The Morgan fingerprint density at radius 2 is 1.69 bits per heavy atom. The fourth-order valence-corrected chi connectivity index (χ4v) is 4.19. The van der Waals surface area contributed by atoms with Gasteiger partial charge in [0, 0.05) is 13.1 Å². The van der Waals surface area contributed by atoms with Crippen molar-refractivity contribution in [2.45, 2.75) is 84.4 Å². The van der Waals surface area contributed by atoms with Gasteiger partial charge in [0.25, 0.3) is 5.56 Å². The third-order valence-corrected chi connectivity index (χ3v) is 6.50. The maximum Gasteiger partial charge on any atom is 0.347 e. The van der Waals surface area contributed by atoms with Crippen molar-refractivity contribution in [2.24, 2.45) is 0 Å². The Morgan fingerprint density at radius 1 is 0.974 bits per heavy atom. The molecule has 2 N–H and O–H groups in total. The highest BCUT2D eigenvalue weighted by atomic mass is 16.5. The predicted octanol–water partition coefficient (Wildman–Crippen LogP) is 4.71. The van der Waals surface area contributed by atoms with Crippen molar-refractivity contribution >= 4 is 11.8 Å². The lowest BCUT2D eigenvalue weighted by molar-refractivity contribution is -0.152. The SMILES string of the molecule is CCCCCCCn1nc(NCCCc2cccc(OC(C)(C)C(=O)O)c2)c(=O)n(Cc2ccccc2)c1=O. The molecule has 39 heavy (non-hydrogen) atoms. The smallest absolute Gasteiger partial charge is 0.347 e. The van der Waals surface area contributed by atoms with Gasteiger partial charge < -0.3 is 15.2 Å². The van der Waals surface area contributed by atoms with Gasteiger partial charge in [0.05, 0.1) is 6.54 Å². The zero-order valence-electron chi connectivity index (χ0n) is 23.2. The third kappa shape index (κ3) is 8.84. The Hall–Kier alpha value is -3.88. The molecule has 0 spiro atoms. The maximum atomic E-state index is 13.2. The molecule has 3 rings (SSSR count). The largest absolute Gasteiger partial charge is 0.478 e. The number of nitrogens with zero attached hydrogens (tertiary/aromatic N) is 3. The zero-order chi connectivity index (χ0) is 28.3. The number of hydrogen-bond acceptors (Lipinski definition) is 6. The third-order valence-electron chi connectivity index (χ3n) is 6.50. The summed E-state index contributed by atoms with van der Waals surface area (Å²) < 4.78 is 8.29. The topological polar surface area (TPSA) is 115 Å². The Kier molecular flexibility index (Phi) is 10.9. The van der Waals surface area contributed by atoms with E-state index in [9.17, 15) is 19.5 Å². The van der Waals surface area contributed by atoms with E-state index in [1.807, 2.05) is 48.5 Å². The second-order valence-corrected chi connectivity index (χ2v) is 10.2. The van der Waals surface area contributed by atoms with Gasteiger partial charge in [-0.3, -0.25) is 9.36 Å². The number of carboxylic acids is 1. The molecule has 210 valence electrons. The van der Waals surface area contributed by atoms with E-state index in [-0.39, 0.29) is 12.4 Å². The minimum Gasteiger partial charge on any atom is -0.478 e. The van der Waals surface area contributed by atoms with Gasteiger partial charge in [-0.1, -0.05) is 75.1 Å². The van der Waals surface area contributed by atoms with Crippen molar-refractivity contribution in [3.63, 3.8) is 0 Å². The summed E-state index contributed by atoms with van der Waals surface area (Å²) >= 11 is 0. The fraction of sp³-hybridized carbons (Fsp3) is 0.467. The van der Waals surface area contributed by atoms with Crippen LogP contribution in [0.3, 0.4) is 0 Å². The molecule has 3 aromatic rings. The fourth-order valence-electron chi connectivity index (χ4n) is 4.19. The van der Waals surface area contributed by atoms with Crippen molar-refractivity contribution < 1.29 is 14.6 Å². The van der Waals surface area contributed by atoms with Crippen LogP contribution < -0.4 is 21.3 Å². The number of hydrogen-bond donors (Lipinski definition) is 2. The molecule has 0 bridgehead atoms. The van der Waals surface area contributed by atoms with Gasteiger partial charge in [0.2, 0.25) is 5.82 Å². The molecule has 0 saturated carbocycles. The number of carbonyl (C=O) groups is 1. The van der Waals surface area contributed by atoms with Crippen LogP contribution in [0.2, 0.25) is 0 Å². The van der Waals surface area contributed by atoms with E-state index in [0.717, 1.165) is 43.2 Å². The van der Waals surface area contributed by atoms with Crippen LogP contribution in [0.15, 0.2) is 64.2 Å². The average Bonchev–Trinajstić information content (AvgIpc) is 2.91. The second kappa shape index (κ2) is 14.3. The number of aromatic nitrogens is 3. The van der Waals surface area contributed by atoms with Gasteiger partial charge in [-0.15, -0.1) is 5.10 Å². The number of nitrogens with one attached hydrogen (secondary N) is 1. The molecule has 0 aliphatic heterocycles. The molecular weight excluding hydrogens is 496 g/mol. The quantitative estimate of drug-likeness (QED) is 0.255. The lowest BCUT2D eigenvalue weighted by Crippen LogP contribution is -2.43. The van der Waals surface area contributed by atoms with Crippen LogP contribution in [0.1, 0.15) is 70.4 Å². The molecule has 0 saturated heterocycles. The highest BCUT2D eigenvalue weighted by molar-refractivity contribution is 5.76. The monoisotopic (exact) mass is 536 g/mol. The van der Waals surface area contributed by atoms with E-state index in [1.165, 1.54) is 23.1 Å². The lowest BCUT2D eigenvalue weighted by atomic mass is 10.1. The lowest BCUT2D eigenvalue weighted by Gasteiger charge is -2.21. The molecule has 0 atom stereocenters. The molecule has 0 radical (unpaired) electrons. The number of rotatable bonds is 16. The minimum absolute atomic E-state index is 0.166. The van der Waals surface area contributed by atoms with E-state index in [0.29, 0.717) is 31.7 Å². The molecule has 0 amide bonds. The van der Waals surface area contributed by atoms with Crippen molar-refractivity contribution in [1.82, 2.24) is 14.3 Å². The summed E-state index contributed by atoms with van der Waals surface area (Å²) in [6.07, 6.45) is 6.64. The molecule has 0 aliphatic rings. The highest BCUT2D eigenvalue weighted by Gasteiger charge is 2.29. The Morgan fingerprint density at radius 3 is 2.41 bits per heavy atom. The van der Waals surface area contributed by atoms with E-state index in [2.05, 4.69) is 17.3 Å². The molecule has 1 aromatic heterocycles. The summed E-state index contributed by atoms with van der Waals surface area (Å²) in [6.45, 7) is 6.31. The zero-order valence-corrected chi connectivity index (χ0v) is 23.2. The van der Waals surface area contributed by atoms with Gasteiger partial charge in [-0.25, -0.2) is 14.3 Å². The van der Waals surface area contributed by atoms with Crippen molar-refractivity contribution in [2.75, 3.05) is 11.9 Å². The first kappa shape index (κ1) is 29.7. The minimum atomic E-state index is -1.33. The Balaban J connectivity index is 1.69. The van der Waals surface area contributed by atoms with E-state index in [4.69, 9.17) is 4.74 Å². The summed E-state index contributed by atoms with van der Waals surface area (Å²) in [4.78, 5) is 37.7. The van der Waals surface area contributed by atoms with Crippen molar-refractivity contribution in [3.05, 3.63) is 86.6 Å². The van der Waals surface area contributed by atoms with Crippen LogP contribution in [0.5, 0.6) is 5.75 Å². The normalized spacial score (nSPS) is 11.4. The second-order valence-electron chi connectivity index (χ2n) is 10.2. The molecule has 9 heteroatoms. The van der Waals surface area contributed by atoms with Gasteiger partial charge in [0.1, 0.15) is 5.75 Å². The van der Waals surface area contributed by atoms with Gasteiger partial charge in [-0.2, -0.15) is 0 Å². The van der Waals surface area contributed by atoms with Gasteiger partial charge >= 0.3 is 11.7 Å². The number of unbranched alkanes of at least 4 members (excludes halogenated alkanes) is 4. The van der Waals surface area contributed by atoms with Crippen LogP contribution in [0, 0.1) is 0 Å². The van der Waals surface area contributed by atoms with E-state index in [1.54, 1.807) is 6.07 Å². The molecule has 9 nitrogen and oxygen atoms in total. The van der Waals surface area contributed by atoms with Crippen molar-refractivity contribution in [3.8, 4) is 5.75 Å². The average molecular weight is 537 g/mol. The predicted molar refractivity (Wildman–Crippen MR) is 153 cm³/mol. The maximum absolute atomic E-state index is 13.2. The first-order valence-electron chi connectivity index (χ1n) is 13.7. The number of ether oxygens (including phenoxy) is 1. The number of aliphatic carboxylic acids is 1. The van der Waals surface area contributed by atoms with E-state index >= 15 is 0 Å². The molecular formula is C30H40N4O5. The highest BCUT2D eigenvalue weighted by Crippen LogP contribution is 2.20. The molecule has 0 fully saturated rings. The van der Waals surface area contributed by atoms with Crippen LogP contribution in [-0.4, -0.2) is 37.6 Å². The van der Waals surface area contributed by atoms with Crippen LogP contribution in [-0.2, 0) is 24.3 Å². The molecule has 0 unspecified atom stereocenters. The number of aryl methyl sites for hydroxylation is 2. The van der Waals surface area contributed by atoms with Crippen molar-refractivity contribution in [1.29, 1.82) is 0 Å². The number of anilines is 1. The molecule has 1 heterocycles. The number of benzene rings is 2. The first-order chi connectivity index (χ1) is 18.7. The Labute approximate surface area is 229 Å². The number of carboxylic acid groups (broad SMARTS) is 1. The molecule has 0 aliphatic carbocycles. The summed E-state index contributed by atoms with van der Waals surface area (Å²) in [5, 5.41) is 16.8. The van der Waals surface area contributed by atoms with Gasteiger partial charge in [0.15, 0.2) is 5.60 Å². The summed E-state index contributed by atoms with van der Waals surface area (Å²) in [7, 11) is 0. The Bertz CT molecular complexity index is 1330. The summed E-state index contributed by atoms with van der Waals surface area (Å²) in [5.74, 6) is -0.381. The standard InChI is InChI=1S/C30H40N4O5/c1-4-5-6-7-11-20-34-29(38)33(22-24-14-9-8-10-15-24)27(35)26(32-34)31-19-13-17-23-16-12-18-25(21-23)39-30(2,3)28(36)37/h8-10,12,14-16,18,21H,4-7,11,13,17,19-20,22H2,1-3H3,(H,31,32)(H,36,37). The van der Waals surface area contributed by atoms with Gasteiger partial charge in [-0.05, 0) is 56.4 Å². The van der Waals surface area contributed by atoms with E-state index < -0.39 is 22.8 Å². The first-order valence-corrected chi connectivity index (χ1v) is 13.7. The van der Waals surface area contributed by atoms with Crippen LogP contribution in [0.25, 0.3) is 0 Å². The van der Waals surface area contributed by atoms with Crippen LogP contribution in [0.4, 0.5) is 5.82 Å².